The van der Waals surface area contributed by atoms with Crippen LogP contribution in [0.5, 0.6) is 0 Å². The normalized spacial score (nSPS) is 16.4. The van der Waals surface area contributed by atoms with Crippen LogP contribution in [0, 0.1) is 13.8 Å². The predicted octanol–water partition coefficient (Wildman–Crippen LogP) is 5.85. The van der Waals surface area contributed by atoms with Crippen molar-refractivity contribution >= 4 is 44.4 Å². The van der Waals surface area contributed by atoms with Crippen LogP contribution in [0.25, 0.3) is 10.2 Å². The molecule has 29 heavy (non-hydrogen) atoms. The van der Waals surface area contributed by atoms with Crippen LogP contribution in [-0.4, -0.2) is 35.9 Å². The first-order valence-electron chi connectivity index (χ1n) is 10.1. The Kier molecular flexibility index (Phi) is 6.23. The maximum Gasteiger partial charge on any atom is 0.260 e. The van der Waals surface area contributed by atoms with Gasteiger partial charge in [-0.2, -0.15) is 0 Å². The smallest absolute Gasteiger partial charge is 0.260 e. The van der Waals surface area contributed by atoms with Crippen molar-refractivity contribution in [3.8, 4) is 0 Å². The topological polar surface area (TPSA) is 42.4 Å². The molecule has 1 saturated heterocycles. The Morgan fingerprint density at radius 3 is 2.62 bits per heavy atom. The Morgan fingerprint density at radius 2 is 1.97 bits per heavy atom. The van der Waals surface area contributed by atoms with Gasteiger partial charge in [0.25, 0.3) is 5.91 Å². The van der Waals surface area contributed by atoms with Crippen molar-refractivity contribution in [3.05, 3.63) is 53.1 Å². The molecule has 1 aliphatic rings. The average molecular weight is 427 g/mol. The Hall–Kier alpha value is -1.89. The van der Waals surface area contributed by atoms with E-state index in [9.17, 15) is 4.79 Å². The lowest BCUT2D eigenvalue weighted by Crippen LogP contribution is -2.37. The van der Waals surface area contributed by atoms with E-state index in [0.717, 1.165) is 46.1 Å². The summed E-state index contributed by atoms with van der Waals surface area (Å²) in [6.45, 7) is 7.61. The van der Waals surface area contributed by atoms with Crippen LogP contribution in [0.1, 0.15) is 41.3 Å². The first-order valence-corrected chi connectivity index (χ1v) is 11.9. The molecule has 2 aromatic carbocycles. The SMILES string of the molecule is CCSc1ccc(C(=O)N(CC2CCCO2)c2nc3c(C)ccc(C)c3s2)cc1. The van der Waals surface area contributed by atoms with E-state index < -0.39 is 0 Å². The maximum absolute atomic E-state index is 13.5. The third-order valence-corrected chi connectivity index (χ3v) is 7.34. The Balaban J connectivity index is 1.70. The number of carbonyl (C=O) groups is 1. The number of benzene rings is 2. The first-order chi connectivity index (χ1) is 14.1. The zero-order chi connectivity index (χ0) is 20.4. The molecule has 1 aliphatic heterocycles. The third kappa shape index (κ3) is 4.34. The summed E-state index contributed by atoms with van der Waals surface area (Å²) < 4.78 is 7.00. The van der Waals surface area contributed by atoms with Crippen molar-refractivity contribution < 1.29 is 9.53 Å². The van der Waals surface area contributed by atoms with Crippen LogP contribution in [0.15, 0.2) is 41.3 Å². The second kappa shape index (κ2) is 8.86. The summed E-state index contributed by atoms with van der Waals surface area (Å²) in [6.07, 6.45) is 2.11. The highest BCUT2D eigenvalue weighted by atomic mass is 32.2. The highest BCUT2D eigenvalue weighted by Gasteiger charge is 2.27. The molecule has 1 amide bonds. The van der Waals surface area contributed by atoms with E-state index >= 15 is 0 Å². The monoisotopic (exact) mass is 426 g/mol. The summed E-state index contributed by atoms with van der Waals surface area (Å²) in [7, 11) is 0. The van der Waals surface area contributed by atoms with E-state index in [1.165, 1.54) is 10.5 Å². The van der Waals surface area contributed by atoms with E-state index in [1.807, 2.05) is 29.2 Å². The molecule has 4 nitrogen and oxygen atoms in total. The number of hydrogen-bond donors (Lipinski definition) is 0. The molecule has 1 aromatic heterocycles. The molecule has 1 atom stereocenters. The zero-order valence-electron chi connectivity index (χ0n) is 17.1. The van der Waals surface area contributed by atoms with E-state index in [2.05, 4.69) is 32.9 Å². The summed E-state index contributed by atoms with van der Waals surface area (Å²) in [5.41, 5.74) is 4.01. The largest absolute Gasteiger partial charge is 0.376 e. The van der Waals surface area contributed by atoms with Crippen LogP contribution in [0.3, 0.4) is 0 Å². The Bertz CT molecular complexity index is 969. The summed E-state index contributed by atoms with van der Waals surface area (Å²) in [4.78, 5) is 21.4. The number of thioether (sulfide) groups is 1. The number of thiazole rings is 1. The van der Waals surface area contributed by atoms with Crippen LogP contribution >= 0.6 is 23.1 Å². The van der Waals surface area contributed by atoms with Gasteiger partial charge in [-0.25, -0.2) is 4.98 Å². The fraction of sp³-hybridized carbons (Fsp3) is 0.391. The summed E-state index contributed by atoms with van der Waals surface area (Å²) in [5, 5.41) is 0.755. The standard InChI is InChI=1S/C23H26N2O2S2/c1-4-28-19-11-9-17(10-12-19)22(26)25(14-18-6-5-13-27-18)23-24-20-15(2)7-8-16(3)21(20)29-23/h7-12,18H,4-6,13-14H2,1-3H3. The molecule has 2 heterocycles. The quantitative estimate of drug-likeness (QED) is 0.464. The van der Waals surface area contributed by atoms with Gasteiger partial charge in [-0.05, 0) is 67.8 Å². The molecule has 0 aliphatic carbocycles. The highest BCUT2D eigenvalue weighted by Crippen LogP contribution is 2.34. The van der Waals surface area contributed by atoms with Gasteiger partial charge >= 0.3 is 0 Å². The van der Waals surface area contributed by atoms with Gasteiger partial charge in [0.05, 0.1) is 22.9 Å². The van der Waals surface area contributed by atoms with Gasteiger partial charge in [0.15, 0.2) is 5.13 Å². The zero-order valence-corrected chi connectivity index (χ0v) is 18.7. The molecule has 4 rings (SSSR count). The molecule has 1 fully saturated rings. The number of ether oxygens (including phenoxy) is 1. The number of amides is 1. The fourth-order valence-electron chi connectivity index (χ4n) is 3.62. The number of nitrogens with zero attached hydrogens (tertiary/aromatic N) is 2. The van der Waals surface area contributed by atoms with Crippen molar-refractivity contribution in [2.24, 2.45) is 0 Å². The number of hydrogen-bond acceptors (Lipinski definition) is 5. The second-order valence-corrected chi connectivity index (χ2v) is 9.70. The van der Waals surface area contributed by atoms with Crippen molar-refractivity contribution in [2.45, 2.75) is 44.6 Å². The van der Waals surface area contributed by atoms with Crippen molar-refractivity contribution in [1.29, 1.82) is 0 Å². The average Bonchev–Trinajstić information content (AvgIpc) is 3.40. The van der Waals surface area contributed by atoms with Gasteiger partial charge in [0.1, 0.15) is 0 Å². The molecule has 0 bridgehead atoms. The lowest BCUT2D eigenvalue weighted by Gasteiger charge is -2.23. The van der Waals surface area contributed by atoms with Gasteiger partial charge < -0.3 is 4.74 Å². The van der Waals surface area contributed by atoms with E-state index in [4.69, 9.17) is 9.72 Å². The van der Waals surface area contributed by atoms with Crippen LogP contribution in [0.2, 0.25) is 0 Å². The van der Waals surface area contributed by atoms with Crippen molar-refractivity contribution in [2.75, 3.05) is 23.8 Å². The summed E-state index contributed by atoms with van der Waals surface area (Å²) >= 11 is 3.38. The summed E-state index contributed by atoms with van der Waals surface area (Å²) in [6, 6.07) is 12.1. The molecule has 0 radical (unpaired) electrons. The van der Waals surface area contributed by atoms with Gasteiger partial charge in [0.2, 0.25) is 0 Å². The number of aromatic nitrogens is 1. The number of carbonyl (C=O) groups excluding carboxylic acids is 1. The van der Waals surface area contributed by atoms with E-state index in [-0.39, 0.29) is 12.0 Å². The van der Waals surface area contributed by atoms with Crippen LogP contribution < -0.4 is 4.90 Å². The number of rotatable bonds is 6. The second-order valence-electron chi connectivity index (χ2n) is 7.38. The number of aryl methyl sites for hydroxylation is 2. The lowest BCUT2D eigenvalue weighted by molar-refractivity contribution is 0.0917. The van der Waals surface area contributed by atoms with Crippen LogP contribution in [0.4, 0.5) is 5.13 Å². The Morgan fingerprint density at radius 1 is 1.21 bits per heavy atom. The molecule has 6 heteroatoms. The van der Waals surface area contributed by atoms with Gasteiger partial charge in [-0.15, -0.1) is 11.8 Å². The maximum atomic E-state index is 13.5. The molecule has 1 unspecified atom stereocenters. The molecule has 0 saturated carbocycles. The minimum Gasteiger partial charge on any atom is -0.376 e. The molecule has 3 aromatic rings. The van der Waals surface area contributed by atoms with E-state index in [1.54, 1.807) is 23.1 Å². The summed E-state index contributed by atoms with van der Waals surface area (Å²) in [5.74, 6) is 1.01. The minimum absolute atomic E-state index is 0.0112. The molecular weight excluding hydrogens is 400 g/mol. The lowest BCUT2D eigenvalue weighted by atomic mass is 10.1. The van der Waals surface area contributed by atoms with Gasteiger partial charge in [-0.1, -0.05) is 30.4 Å². The third-order valence-electron chi connectivity index (χ3n) is 5.23. The van der Waals surface area contributed by atoms with E-state index in [0.29, 0.717) is 12.1 Å². The van der Waals surface area contributed by atoms with Gasteiger partial charge in [0, 0.05) is 17.1 Å². The molecule has 0 N–H and O–H groups in total. The number of fused-ring (bicyclic) bond motifs is 1. The molecular formula is C23H26N2O2S2. The van der Waals surface area contributed by atoms with Crippen LogP contribution in [-0.2, 0) is 4.74 Å². The van der Waals surface area contributed by atoms with Gasteiger partial charge in [-0.3, -0.25) is 9.69 Å². The molecule has 0 spiro atoms. The first kappa shape index (κ1) is 20.4. The molecule has 152 valence electrons. The fourth-order valence-corrected chi connectivity index (χ4v) is 5.40. The van der Waals surface area contributed by atoms with Crippen molar-refractivity contribution in [1.82, 2.24) is 4.98 Å². The predicted molar refractivity (Wildman–Crippen MR) is 123 cm³/mol. The highest BCUT2D eigenvalue weighted by molar-refractivity contribution is 7.99. The minimum atomic E-state index is -0.0112. The van der Waals surface area contributed by atoms with Crippen molar-refractivity contribution in [3.63, 3.8) is 0 Å². The number of anilines is 1. The Labute approximate surface area is 180 Å².